The van der Waals surface area contributed by atoms with Crippen molar-refractivity contribution in [3.05, 3.63) is 84.7 Å². The summed E-state index contributed by atoms with van der Waals surface area (Å²) >= 11 is 0. The van der Waals surface area contributed by atoms with E-state index >= 15 is 0 Å². The highest BCUT2D eigenvalue weighted by Gasteiger charge is 2.13. The fourth-order valence-corrected chi connectivity index (χ4v) is 3.26. The fraction of sp³-hybridized carbons (Fsp3) is 0. The van der Waals surface area contributed by atoms with Crippen LogP contribution in [0.3, 0.4) is 0 Å². The summed E-state index contributed by atoms with van der Waals surface area (Å²) in [5.74, 6) is 0.523. The van der Waals surface area contributed by atoms with Crippen LogP contribution in [0.15, 0.2) is 79.1 Å². The third-order valence-corrected chi connectivity index (χ3v) is 4.68. The van der Waals surface area contributed by atoms with Crippen molar-refractivity contribution in [3.8, 4) is 22.6 Å². The van der Waals surface area contributed by atoms with E-state index in [-0.39, 0.29) is 5.91 Å². The van der Waals surface area contributed by atoms with Gasteiger partial charge in [-0.3, -0.25) is 15.0 Å². The largest absolute Gasteiger partial charge is 0.322 e. The van der Waals surface area contributed by atoms with Gasteiger partial charge in [0, 0.05) is 27.8 Å². The zero-order valence-corrected chi connectivity index (χ0v) is 15.3. The molecule has 0 bridgehead atoms. The number of rotatable bonds is 4. The van der Waals surface area contributed by atoms with Gasteiger partial charge in [0.1, 0.15) is 6.33 Å². The van der Waals surface area contributed by atoms with Gasteiger partial charge in [0.2, 0.25) is 0 Å². The molecule has 7 heteroatoms. The molecule has 0 aliphatic heterocycles. The first-order valence-electron chi connectivity index (χ1n) is 9.09. The van der Waals surface area contributed by atoms with E-state index < -0.39 is 0 Å². The summed E-state index contributed by atoms with van der Waals surface area (Å²) in [6, 6.07) is 22.7. The van der Waals surface area contributed by atoms with Crippen LogP contribution in [0.2, 0.25) is 0 Å². The quantitative estimate of drug-likeness (QED) is 0.434. The van der Waals surface area contributed by atoms with E-state index in [0.29, 0.717) is 11.4 Å². The van der Waals surface area contributed by atoms with Crippen LogP contribution in [-0.4, -0.2) is 31.3 Å². The third-order valence-electron chi connectivity index (χ3n) is 4.68. The van der Waals surface area contributed by atoms with Crippen molar-refractivity contribution in [2.75, 3.05) is 5.32 Å². The SMILES string of the molecule is O=C(Nc1ccccc1)c1cccc(-c2n[nH]c3ccc(-c4ncn[nH]4)cc23)c1. The molecular formula is C22H16N6O. The highest BCUT2D eigenvalue weighted by Crippen LogP contribution is 2.30. The molecule has 0 saturated heterocycles. The normalized spacial score (nSPS) is 10.9. The van der Waals surface area contributed by atoms with Gasteiger partial charge < -0.3 is 5.32 Å². The minimum absolute atomic E-state index is 0.166. The molecular weight excluding hydrogens is 364 g/mol. The molecule has 140 valence electrons. The lowest BCUT2D eigenvalue weighted by Gasteiger charge is -2.06. The monoisotopic (exact) mass is 380 g/mol. The first-order valence-corrected chi connectivity index (χ1v) is 9.09. The number of H-pyrrole nitrogens is 2. The van der Waals surface area contributed by atoms with Gasteiger partial charge in [-0.05, 0) is 42.5 Å². The zero-order chi connectivity index (χ0) is 19.6. The number of carbonyl (C=O) groups is 1. The van der Waals surface area contributed by atoms with Gasteiger partial charge >= 0.3 is 0 Å². The Balaban J connectivity index is 1.51. The smallest absolute Gasteiger partial charge is 0.255 e. The van der Waals surface area contributed by atoms with Crippen molar-refractivity contribution < 1.29 is 4.79 Å². The molecule has 0 aliphatic rings. The maximum atomic E-state index is 12.7. The number of nitrogens with zero attached hydrogens (tertiary/aromatic N) is 3. The topological polar surface area (TPSA) is 99.3 Å². The Hall–Kier alpha value is -4.26. The van der Waals surface area contributed by atoms with Crippen LogP contribution in [0.5, 0.6) is 0 Å². The lowest BCUT2D eigenvalue weighted by Crippen LogP contribution is -2.11. The maximum Gasteiger partial charge on any atom is 0.255 e. The third kappa shape index (κ3) is 3.25. The zero-order valence-electron chi connectivity index (χ0n) is 15.3. The molecule has 0 atom stereocenters. The number of para-hydroxylation sites is 1. The molecule has 0 saturated carbocycles. The number of amides is 1. The summed E-state index contributed by atoms with van der Waals surface area (Å²) < 4.78 is 0. The molecule has 3 aromatic carbocycles. The Morgan fingerprint density at radius 1 is 0.862 bits per heavy atom. The van der Waals surface area contributed by atoms with E-state index in [1.54, 1.807) is 6.07 Å². The van der Waals surface area contributed by atoms with Gasteiger partial charge in [0.05, 0.1) is 11.2 Å². The molecule has 2 aromatic heterocycles. The number of aromatic amines is 2. The van der Waals surface area contributed by atoms with Crippen molar-refractivity contribution in [2.24, 2.45) is 0 Å². The summed E-state index contributed by atoms with van der Waals surface area (Å²) in [6.07, 6.45) is 1.48. The molecule has 0 radical (unpaired) electrons. The van der Waals surface area contributed by atoms with Gasteiger partial charge in [-0.25, -0.2) is 4.98 Å². The number of aromatic nitrogens is 5. The average molecular weight is 380 g/mol. The molecule has 5 rings (SSSR count). The Morgan fingerprint density at radius 3 is 2.59 bits per heavy atom. The molecule has 5 aromatic rings. The van der Waals surface area contributed by atoms with E-state index in [2.05, 4.69) is 30.7 Å². The van der Waals surface area contributed by atoms with Crippen LogP contribution in [0.1, 0.15) is 10.4 Å². The lowest BCUT2D eigenvalue weighted by atomic mass is 10.0. The number of benzene rings is 3. The average Bonchev–Trinajstić information content (AvgIpc) is 3.44. The predicted molar refractivity (Wildman–Crippen MR) is 111 cm³/mol. The van der Waals surface area contributed by atoms with E-state index in [0.717, 1.165) is 33.4 Å². The second-order valence-corrected chi connectivity index (χ2v) is 6.57. The van der Waals surface area contributed by atoms with Gasteiger partial charge in [0.15, 0.2) is 5.82 Å². The van der Waals surface area contributed by atoms with Gasteiger partial charge in [-0.1, -0.05) is 30.3 Å². The van der Waals surface area contributed by atoms with Gasteiger partial charge in [0.25, 0.3) is 5.91 Å². The van der Waals surface area contributed by atoms with Crippen molar-refractivity contribution in [1.29, 1.82) is 0 Å². The van der Waals surface area contributed by atoms with Crippen molar-refractivity contribution in [3.63, 3.8) is 0 Å². The Bertz CT molecular complexity index is 1290. The summed E-state index contributed by atoms with van der Waals surface area (Å²) in [5, 5.41) is 18.2. The number of fused-ring (bicyclic) bond motifs is 1. The van der Waals surface area contributed by atoms with E-state index in [4.69, 9.17) is 0 Å². The van der Waals surface area contributed by atoms with E-state index in [1.807, 2.05) is 66.7 Å². The summed E-state index contributed by atoms with van der Waals surface area (Å²) in [7, 11) is 0. The van der Waals surface area contributed by atoms with Crippen LogP contribution in [0.25, 0.3) is 33.5 Å². The van der Waals surface area contributed by atoms with Crippen LogP contribution in [0.4, 0.5) is 5.69 Å². The predicted octanol–water partition coefficient (Wildman–Crippen LogP) is 4.27. The van der Waals surface area contributed by atoms with Gasteiger partial charge in [-0.2, -0.15) is 10.2 Å². The molecule has 29 heavy (non-hydrogen) atoms. The summed E-state index contributed by atoms with van der Waals surface area (Å²) in [6.45, 7) is 0. The minimum Gasteiger partial charge on any atom is -0.322 e. The summed E-state index contributed by atoms with van der Waals surface area (Å²) in [4.78, 5) is 16.9. The molecule has 2 heterocycles. The van der Waals surface area contributed by atoms with E-state index in [1.165, 1.54) is 6.33 Å². The number of anilines is 1. The second kappa shape index (κ2) is 7.05. The first kappa shape index (κ1) is 16.9. The Labute approximate surface area is 165 Å². The molecule has 7 nitrogen and oxygen atoms in total. The molecule has 1 amide bonds. The van der Waals surface area contributed by atoms with Crippen LogP contribution in [-0.2, 0) is 0 Å². The van der Waals surface area contributed by atoms with E-state index in [9.17, 15) is 4.79 Å². The highest BCUT2D eigenvalue weighted by molar-refractivity contribution is 6.05. The molecule has 0 unspecified atom stereocenters. The first-order chi connectivity index (χ1) is 14.3. The number of nitrogens with one attached hydrogen (secondary N) is 3. The van der Waals surface area contributed by atoms with Crippen LogP contribution in [0, 0.1) is 0 Å². The number of hydrogen-bond acceptors (Lipinski definition) is 4. The van der Waals surface area contributed by atoms with Crippen molar-refractivity contribution >= 4 is 22.5 Å². The Kier molecular flexibility index (Phi) is 4.10. The Morgan fingerprint density at radius 2 is 1.76 bits per heavy atom. The lowest BCUT2D eigenvalue weighted by molar-refractivity contribution is 0.102. The second-order valence-electron chi connectivity index (χ2n) is 6.57. The molecule has 0 aliphatic carbocycles. The molecule has 0 spiro atoms. The molecule has 0 fully saturated rings. The number of hydrogen-bond donors (Lipinski definition) is 3. The van der Waals surface area contributed by atoms with Crippen LogP contribution < -0.4 is 5.32 Å². The highest BCUT2D eigenvalue weighted by atomic mass is 16.1. The van der Waals surface area contributed by atoms with Gasteiger partial charge in [-0.15, -0.1) is 0 Å². The van der Waals surface area contributed by atoms with Crippen molar-refractivity contribution in [2.45, 2.75) is 0 Å². The number of carbonyl (C=O) groups excluding carboxylic acids is 1. The fourth-order valence-electron chi connectivity index (χ4n) is 3.26. The van der Waals surface area contributed by atoms with Crippen LogP contribution >= 0.6 is 0 Å². The maximum absolute atomic E-state index is 12.7. The molecule has 3 N–H and O–H groups in total. The summed E-state index contributed by atoms with van der Waals surface area (Å²) in [5.41, 5.74) is 4.76. The standard InChI is InChI=1S/C22H16N6O/c29-22(25-17-7-2-1-3-8-17)16-6-4-5-14(11-16)20-18-12-15(21-23-13-24-28-21)9-10-19(18)26-27-20/h1-13H,(H,25,29)(H,26,27)(H,23,24,28). The minimum atomic E-state index is -0.166. The van der Waals surface area contributed by atoms with Crippen molar-refractivity contribution in [1.82, 2.24) is 25.4 Å².